The van der Waals surface area contributed by atoms with Crippen LogP contribution in [0.1, 0.15) is 16.7 Å². The first-order valence-corrected chi connectivity index (χ1v) is 9.83. The number of halogens is 6. The van der Waals surface area contributed by atoms with Crippen molar-refractivity contribution in [1.29, 1.82) is 0 Å². The summed E-state index contributed by atoms with van der Waals surface area (Å²) in [5, 5.41) is 0.765. The smallest absolute Gasteiger partial charge is 0.166 e. The van der Waals surface area contributed by atoms with E-state index in [1.807, 2.05) is 12.1 Å². The molecule has 0 heterocycles. The Balaban J connectivity index is 2.09. The molecule has 0 fully saturated rings. The summed E-state index contributed by atoms with van der Waals surface area (Å²) < 4.78 is 78.8. The van der Waals surface area contributed by atoms with Gasteiger partial charge in [0, 0.05) is 6.16 Å². The SMILES string of the molecule is FC(F)(F)c1cccc(P(Cc2ccccc2)c2cccc(C(F)(F)F)c2)c1. The Morgan fingerprint density at radius 2 is 1.04 bits per heavy atom. The minimum atomic E-state index is -4.52. The molecular weight excluding hydrogens is 397 g/mol. The van der Waals surface area contributed by atoms with Crippen LogP contribution in [-0.2, 0) is 18.5 Å². The van der Waals surface area contributed by atoms with Gasteiger partial charge in [0.1, 0.15) is 0 Å². The van der Waals surface area contributed by atoms with Gasteiger partial charge in [-0.3, -0.25) is 0 Å². The summed E-state index contributed by atoms with van der Waals surface area (Å²) >= 11 is 0. The standard InChI is InChI=1S/C21H15F6P/c22-20(23,24)16-8-4-10-18(12-16)28(14-15-6-2-1-3-7-15)19-11-5-9-17(13-19)21(25,26)27/h1-13H,14H2. The van der Waals surface area contributed by atoms with Crippen LogP contribution >= 0.6 is 7.92 Å². The second-order valence-corrected chi connectivity index (χ2v) is 8.37. The third-order valence-corrected chi connectivity index (χ3v) is 6.64. The maximum absolute atomic E-state index is 13.1. The first kappa shape index (κ1) is 20.4. The fourth-order valence-corrected chi connectivity index (χ4v) is 5.16. The van der Waals surface area contributed by atoms with Crippen LogP contribution in [0.4, 0.5) is 26.3 Å². The van der Waals surface area contributed by atoms with Crippen molar-refractivity contribution in [3.05, 3.63) is 95.6 Å². The van der Waals surface area contributed by atoms with Crippen molar-refractivity contribution >= 4 is 18.5 Å². The average Bonchev–Trinajstić information content (AvgIpc) is 2.66. The van der Waals surface area contributed by atoms with Crippen molar-refractivity contribution in [3.8, 4) is 0 Å². The molecule has 7 heteroatoms. The van der Waals surface area contributed by atoms with Gasteiger partial charge in [0.15, 0.2) is 0 Å². The molecule has 0 aliphatic heterocycles. The Morgan fingerprint density at radius 3 is 1.46 bits per heavy atom. The quantitative estimate of drug-likeness (QED) is 0.346. The van der Waals surface area contributed by atoms with Crippen LogP contribution in [0.2, 0.25) is 0 Å². The highest BCUT2D eigenvalue weighted by Crippen LogP contribution is 2.41. The molecule has 0 atom stereocenters. The molecule has 0 unspecified atom stereocenters. The van der Waals surface area contributed by atoms with E-state index in [4.69, 9.17) is 0 Å². The maximum atomic E-state index is 13.1. The van der Waals surface area contributed by atoms with E-state index in [0.29, 0.717) is 16.8 Å². The van der Waals surface area contributed by atoms with E-state index in [-0.39, 0.29) is 0 Å². The Morgan fingerprint density at radius 1 is 0.571 bits per heavy atom. The Bertz CT molecular complexity index is 874. The Kier molecular flexibility index (Phi) is 5.80. The lowest BCUT2D eigenvalue weighted by Crippen LogP contribution is -2.18. The van der Waals surface area contributed by atoms with Gasteiger partial charge in [0.05, 0.1) is 11.1 Å². The summed E-state index contributed by atoms with van der Waals surface area (Å²) in [4.78, 5) is 0. The maximum Gasteiger partial charge on any atom is 0.416 e. The molecule has 0 radical (unpaired) electrons. The van der Waals surface area contributed by atoms with Crippen molar-refractivity contribution in [2.24, 2.45) is 0 Å². The molecule has 3 aromatic rings. The number of alkyl halides is 6. The van der Waals surface area contributed by atoms with Crippen LogP contribution in [0.3, 0.4) is 0 Å². The van der Waals surface area contributed by atoms with E-state index in [0.717, 1.165) is 29.8 Å². The van der Waals surface area contributed by atoms with Crippen LogP contribution in [0.15, 0.2) is 78.9 Å². The van der Waals surface area contributed by atoms with Gasteiger partial charge in [-0.2, -0.15) is 26.3 Å². The van der Waals surface area contributed by atoms with Crippen molar-refractivity contribution in [2.75, 3.05) is 0 Å². The van der Waals surface area contributed by atoms with Crippen molar-refractivity contribution in [2.45, 2.75) is 18.5 Å². The van der Waals surface area contributed by atoms with Gasteiger partial charge >= 0.3 is 12.4 Å². The molecule has 0 spiro atoms. The molecular formula is C21H15F6P. The first-order chi connectivity index (χ1) is 13.1. The molecule has 0 saturated heterocycles. The van der Waals surface area contributed by atoms with Gasteiger partial charge in [0.2, 0.25) is 0 Å². The van der Waals surface area contributed by atoms with Crippen molar-refractivity contribution < 1.29 is 26.3 Å². The van der Waals surface area contributed by atoms with Gasteiger partial charge in [0.25, 0.3) is 0 Å². The molecule has 0 N–H and O–H groups in total. The van der Waals surface area contributed by atoms with Gasteiger partial charge in [-0.15, -0.1) is 0 Å². The van der Waals surface area contributed by atoms with Crippen LogP contribution in [0, 0.1) is 0 Å². The van der Waals surface area contributed by atoms with Crippen LogP contribution < -0.4 is 10.6 Å². The highest BCUT2D eigenvalue weighted by molar-refractivity contribution is 7.72. The lowest BCUT2D eigenvalue weighted by atomic mass is 10.2. The van der Waals surface area contributed by atoms with Crippen LogP contribution in [0.5, 0.6) is 0 Å². The van der Waals surface area contributed by atoms with Crippen molar-refractivity contribution in [3.63, 3.8) is 0 Å². The minimum absolute atomic E-state index is 0.346. The molecule has 0 saturated carbocycles. The zero-order valence-electron chi connectivity index (χ0n) is 14.4. The molecule has 0 nitrogen and oxygen atoms in total. The Hall–Kier alpha value is -2.33. The topological polar surface area (TPSA) is 0 Å². The summed E-state index contributed by atoms with van der Waals surface area (Å²) in [5.74, 6) is 0. The molecule has 146 valence electrons. The van der Waals surface area contributed by atoms with E-state index in [1.165, 1.54) is 12.1 Å². The molecule has 0 aromatic heterocycles. The van der Waals surface area contributed by atoms with Gasteiger partial charge < -0.3 is 0 Å². The number of hydrogen-bond acceptors (Lipinski definition) is 0. The molecule has 3 aromatic carbocycles. The second kappa shape index (κ2) is 7.96. The molecule has 0 bridgehead atoms. The largest absolute Gasteiger partial charge is 0.416 e. The third kappa shape index (κ3) is 4.93. The highest BCUT2D eigenvalue weighted by atomic mass is 31.1. The second-order valence-electron chi connectivity index (χ2n) is 6.17. The lowest BCUT2D eigenvalue weighted by molar-refractivity contribution is -0.138. The zero-order valence-corrected chi connectivity index (χ0v) is 15.3. The first-order valence-electron chi connectivity index (χ1n) is 8.30. The van der Waals surface area contributed by atoms with E-state index < -0.39 is 31.4 Å². The van der Waals surface area contributed by atoms with E-state index in [2.05, 4.69) is 0 Å². The normalized spacial score (nSPS) is 12.4. The van der Waals surface area contributed by atoms with E-state index in [1.54, 1.807) is 30.3 Å². The predicted molar refractivity (Wildman–Crippen MR) is 99.2 cm³/mol. The summed E-state index contributed by atoms with van der Waals surface area (Å²) in [6.45, 7) is 0. The molecule has 0 amide bonds. The van der Waals surface area contributed by atoms with Crippen LogP contribution in [-0.4, -0.2) is 0 Å². The van der Waals surface area contributed by atoms with Gasteiger partial charge in [-0.05, 0) is 48.4 Å². The predicted octanol–water partition coefficient (Wildman–Crippen LogP) is 6.36. The number of rotatable bonds is 4. The van der Waals surface area contributed by atoms with Crippen LogP contribution in [0.25, 0.3) is 0 Å². The van der Waals surface area contributed by atoms with Gasteiger partial charge in [-0.25, -0.2) is 0 Å². The summed E-state index contributed by atoms with van der Waals surface area (Å²) in [6.07, 6.45) is -8.69. The highest BCUT2D eigenvalue weighted by Gasteiger charge is 2.33. The Labute approximate surface area is 159 Å². The summed E-state index contributed by atoms with van der Waals surface area (Å²) in [7, 11) is -1.45. The molecule has 0 aliphatic carbocycles. The molecule has 0 aliphatic rings. The molecule has 28 heavy (non-hydrogen) atoms. The minimum Gasteiger partial charge on any atom is -0.166 e. The van der Waals surface area contributed by atoms with Gasteiger partial charge in [-0.1, -0.05) is 54.6 Å². The summed E-state index contributed by atoms with van der Waals surface area (Å²) in [5.41, 5.74) is -0.765. The van der Waals surface area contributed by atoms with E-state index in [9.17, 15) is 26.3 Å². The third-order valence-electron chi connectivity index (χ3n) is 4.15. The fourth-order valence-electron chi connectivity index (χ4n) is 2.80. The fraction of sp³-hybridized carbons (Fsp3) is 0.143. The average molecular weight is 412 g/mol. The monoisotopic (exact) mass is 412 g/mol. The number of benzene rings is 3. The van der Waals surface area contributed by atoms with Crippen molar-refractivity contribution in [1.82, 2.24) is 0 Å². The lowest BCUT2D eigenvalue weighted by Gasteiger charge is -2.21. The van der Waals surface area contributed by atoms with E-state index >= 15 is 0 Å². The summed E-state index contributed by atoms with van der Waals surface area (Å²) in [6, 6.07) is 18.7. The molecule has 3 rings (SSSR count). The zero-order chi connectivity index (χ0) is 20.4. The number of hydrogen-bond donors (Lipinski definition) is 0.